The van der Waals surface area contributed by atoms with Gasteiger partial charge in [0.1, 0.15) is 0 Å². The Hall–Kier alpha value is -1.27. The van der Waals surface area contributed by atoms with E-state index in [0.717, 1.165) is 0 Å². The molecule has 1 unspecified atom stereocenters. The van der Waals surface area contributed by atoms with E-state index in [1.54, 1.807) is 24.3 Å². The summed E-state index contributed by atoms with van der Waals surface area (Å²) in [6.07, 6.45) is 0. The highest BCUT2D eigenvalue weighted by molar-refractivity contribution is 7.86. The third-order valence-corrected chi connectivity index (χ3v) is 2.67. The zero-order valence-electron chi connectivity index (χ0n) is 6.45. The first-order valence-electron chi connectivity index (χ1n) is 3.55. The molecule has 1 aliphatic rings. The fourth-order valence-corrected chi connectivity index (χ4v) is 1.87. The highest BCUT2D eigenvalue weighted by atomic mass is 32.2. The van der Waals surface area contributed by atoms with Gasteiger partial charge in [0.15, 0.2) is 0 Å². The third-order valence-electron chi connectivity index (χ3n) is 1.76. The molecule has 2 rings (SSSR count). The average Bonchev–Trinajstić information content (AvgIpc) is 2.45. The predicted octanol–water partition coefficient (Wildman–Crippen LogP) is 1.67. The van der Waals surface area contributed by atoms with Gasteiger partial charge >= 0.3 is 0 Å². The van der Waals surface area contributed by atoms with Crippen molar-refractivity contribution in [2.24, 2.45) is 10.2 Å². The number of rotatable bonds is 1. The van der Waals surface area contributed by atoms with Crippen LogP contribution in [-0.2, 0) is 10.1 Å². The summed E-state index contributed by atoms with van der Waals surface area (Å²) in [5.41, 5.74) is 0.912. The molecule has 0 radical (unpaired) electrons. The van der Waals surface area contributed by atoms with Gasteiger partial charge in [0, 0.05) is 5.56 Å². The van der Waals surface area contributed by atoms with E-state index in [1.165, 1.54) is 0 Å². The summed E-state index contributed by atoms with van der Waals surface area (Å²) in [7, 11) is -4.18. The molecule has 0 saturated carbocycles. The molecule has 0 fully saturated rings. The molecule has 1 aromatic carbocycles. The normalized spacial score (nSPS) is 20.2. The first kappa shape index (κ1) is 8.33. The molecule has 1 aliphatic heterocycles. The summed E-state index contributed by atoms with van der Waals surface area (Å²) < 4.78 is 30.4. The molecule has 0 saturated heterocycles. The fraction of sp³-hybridized carbons (Fsp3) is 0.143. The van der Waals surface area contributed by atoms with Gasteiger partial charge in [-0.1, -0.05) is 18.2 Å². The summed E-state index contributed by atoms with van der Waals surface area (Å²) >= 11 is 0. The summed E-state index contributed by atoms with van der Waals surface area (Å²) in [5.74, 6) is 0. The minimum atomic E-state index is -4.18. The molecule has 1 atom stereocenters. The molecule has 1 aromatic rings. The van der Waals surface area contributed by atoms with Gasteiger partial charge in [-0.15, -0.1) is 0 Å². The van der Waals surface area contributed by atoms with E-state index >= 15 is 0 Å². The van der Waals surface area contributed by atoms with Crippen molar-refractivity contribution in [2.75, 3.05) is 0 Å². The van der Waals surface area contributed by atoms with E-state index in [0.29, 0.717) is 11.3 Å². The molecule has 13 heavy (non-hydrogen) atoms. The molecule has 0 amide bonds. The number of nitrogens with zero attached hydrogens (tertiary/aromatic N) is 2. The van der Waals surface area contributed by atoms with E-state index in [1.807, 2.05) is 0 Å². The largest absolute Gasteiger partial charge is 0.294 e. The van der Waals surface area contributed by atoms with E-state index in [9.17, 15) is 8.42 Å². The van der Waals surface area contributed by atoms with Gasteiger partial charge in [-0.3, -0.25) is 4.55 Å². The van der Waals surface area contributed by atoms with E-state index in [-0.39, 0.29) is 0 Å². The molecule has 0 spiro atoms. The second-order valence-electron chi connectivity index (χ2n) is 2.64. The van der Waals surface area contributed by atoms with Crippen molar-refractivity contribution in [3.05, 3.63) is 29.8 Å². The van der Waals surface area contributed by atoms with Gasteiger partial charge < -0.3 is 0 Å². The van der Waals surface area contributed by atoms with Crippen molar-refractivity contribution >= 4 is 15.8 Å². The smallest absolute Gasteiger partial charge is 0.284 e. The Morgan fingerprint density at radius 2 is 2.00 bits per heavy atom. The van der Waals surface area contributed by atoms with E-state index in [2.05, 4.69) is 10.2 Å². The van der Waals surface area contributed by atoms with Crippen LogP contribution in [0.1, 0.15) is 10.9 Å². The van der Waals surface area contributed by atoms with Crippen molar-refractivity contribution in [2.45, 2.75) is 5.37 Å². The van der Waals surface area contributed by atoms with Crippen molar-refractivity contribution in [1.29, 1.82) is 0 Å². The van der Waals surface area contributed by atoms with Gasteiger partial charge in [-0.2, -0.15) is 18.6 Å². The second kappa shape index (κ2) is 2.61. The fourth-order valence-electron chi connectivity index (χ4n) is 1.18. The quantitative estimate of drug-likeness (QED) is 0.697. The topological polar surface area (TPSA) is 79.1 Å². The van der Waals surface area contributed by atoms with Gasteiger partial charge in [-0.05, 0) is 6.07 Å². The Labute approximate surface area is 74.9 Å². The van der Waals surface area contributed by atoms with Gasteiger partial charge in [0.2, 0.25) is 5.37 Å². The van der Waals surface area contributed by atoms with Crippen molar-refractivity contribution in [3.63, 3.8) is 0 Å². The molecule has 1 N–H and O–H groups in total. The minimum absolute atomic E-state index is 0.421. The molecule has 1 heterocycles. The summed E-state index contributed by atoms with van der Waals surface area (Å²) in [5, 5.41) is 5.85. The standard InChI is InChI=1S/C7H6N2O3S/c10-13(11,12)7-5-3-1-2-4-6(5)8-9-7/h1-4,7H,(H,10,11,12). The first-order valence-corrected chi connectivity index (χ1v) is 5.05. The Morgan fingerprint density at radius 3 is 2.69 bits per heavy atom. The monoisotopic (exact) mass is 198 g/mol. The SMILES string of the molecule is O=S(=O)(O)C1N=Nc2ccccc21. The van der Waals surface area contributed by atoms with Crippen LogP contribution < -0.4 is 0 Å². The number of hydrogen-bond acceptors (Lipinski definition) is 4. The van der Waals surface area contributed by atoms with E-state index < -0.39 is 15.5 Å². The Balaban J connectivity index is 2.57. The molecule has 0 bridgehead atoms. The molecule has 6 heteroatoms. The summed E-state index contributed by atoms with van der Waals surface area (Å²) in [6.45, 7) is 0. The lowest BCUT2D eigenvalue weighted by Crippen LogP contribution is -2.07. The van der Waals surface area contributed by atoms with Crippen LogP contribution >= 0.6 is 0 Å². The average molecular weight is 198 g/mol. The van der Waals surface area contributed by atoms with Crippen LogP contribution in [-0.4, -0.2) is 13.0 Å². The van der Waals surface area contributed by atoms with Gasteiger partial charge in [0.25, 0.3) is 10.1 Å². The predicted molar refractivity (Wildman–Crippen MR) is 45.2 cm³/mol. The van der Waals surface area contributed by atoms with Crippen LogP contribution in [0, 0.1) is 0 Å². The van der Waals surface area contributed by atoms with Crippen LogP contribution in [0.2, 0.25) is 0 Å². The van der Waals surface area contributed by atoms with Crippen molar-refractivity contribution in [3.8, 4) is 0 Å². The Bertz CT molecular complexity index is 466. The number of hydrogen-bond donors (Lipinski definition) is 1. The van der Waals surface area contributed by atoms with Crippen molar-refractivity contribution < 1.29 is 13.0 Å². The van der Waals surface area contributed by atoms with Gasteiger partial charge in [-0.25, -0.2) is 0 Å². The Morgan fingerprint density at radius 1 is 1.31 bits per heavy atom. The lowest BCUT2D eigenvalue weighted by atomic mass is 10.2. The maximum absolute atomic E-state index is 10.8. The zero-order valence-corrected chi connectivity index (χ0v) is 7.27. The Kier molecular flexibility index (Phi) is 1.67. The molecular weight excluding hydrogens is 192 g/mol. The van der Waals surface area contributed by atoms with Crippen LogP contribution in [0.4, 0.5) is 5.69 Å². The number of azo groups is 1. The van der Waals surface area contributed by atoms with Crippen LogP contribution in [0.3, 0.4) is 0 Å². The summed E-state index contributed by atoms with van der Waals surface area (Å²) in [4.78, 5) is 0. The van der Waals surface area contributed by atoms with E-state index in [4.69, 9.17) is 4.55 Å². The maximum Gasteiger partial charge on any atom is 0.294 e. The number of fused-ring (bicyclic) bond motifs is 1. The lowest BCUT2D eigenvalue weighted by molar-refractivity contribution is 0.470. The second-order valence-corrected chi connectivity index (χ2v) is 4.12. The molecule has 68 valence electrons. The highest BCUT2D eigenvalue weighted by Gasteiger charge is 2.30. The maximum atomic E-state index is 10.8. The molecular formula is C7H6N2O3S. The number of benzene rings is 1. The summed E-state index contributed by atoms with van der Waals surface area (Å²) in [6, 6.07) is 6.62. The van der Waals surface area contributed by atoms with Crippen LogP contribution in [0.25, 0.3) is 0 Å². The molecule has 0 aromatic heterocycles. The first-order chi connectivity index (χ1) is 6.09. The highest BCUT2D eigenvalue weighted by Crippen LogP contribution is 2.37. The zero-order chi connectivity index (χ0) is 9.47. The third kappa shape index (κ3) is 1.34. The lowest BCUT2D eigenvalue weighted by Gasteiger charge is -2.02. The van der Waals surface area contributed by atoms with Gasteiger partial charge in [0.05, 0.1) is 5.69 Å². The van der Waals surface area contributed by atoms with Crippen molar-refractivity contribution in [1.82, 2.24) is 0 Å². The van der Waals surface area contributed by atoms with Crippen LogP contribution in [0.5, 0.6) is 0 Å². The minimum Gasteiger partial charge on any atom is -0.284 e. The van der Waals surface area contributed by atoms with Crippen LogP contribution in [0.15, 0.2) is 34.5 Å². The molecule has 5 nitrogen and oxygen atoms in total. The molecule has 0 aliphatic carbocycles.